The molecule has 1 unspecified atom stereocenters. The Bertz CT molecular complexity index is 197. The molecule has 0 heterocycles. The monoisotopic (exact) mass is 229 g/mol. The predicted molar refractivity (Wildman–Crippen MR) is 68.6 cm³/mol. The third-order valence-corrected chi connectivity index (χ3v) is 3.16. The van der Waals surface area contributed by atoms with Gasteiger partial charge in [0.25, 0.3) is 0 Å². The lowest BCUT2D eigenvalue weighted by atomic mass is 10.2. The SMILES string of the molecule is CCC(C)N(C)CCNCC(=O)N(C)CC. The van der Waals surface area contributed by atoms with Gasteiger partial charge in [-0.25, -0.2) is 0 Å². The van der Waals surface area contributed by atoms with E-state index in [1.54, 1.807) is 4.90 Å². The number of hydrogen-bond donors (Lipinski definition) is 1. The highest BCUT2D eigenvalue weighted by atomic mass is 16.2. The minimum Gasteiger partial charge on any atom is -0.345 e. The van der Waals surface area contributed by atoms with Crippen LogP contribution in [0.1, 0.15) is 27.2 Å². The van der Waals surface area contributed by atoms with E-state index in [0.717, 1.165) is 26.1 Å². The van der Waals surface area contributed by atoms with Crippen molar-refractivity contribution in [1.29, 1.82) is 0 Å². The van der Waals surface area contributed by atoms with Gasteiger partial charge in [0.1, 0.15) is 0 Å². The van der Waals surface area contributed by atoms with E-state index in [4.69, 9.17) is 0 Å². The van der Waals surface area contributed by atoms with Crippen LogP contribution in [0.2, 0.25) is 0 Å². The number of rotatable bonds is 8. The molecule has 4 nitrogen and oxygen atoms in total. The zero-order valence-electron chi connectivity index (χ0n) is 11.4. The molecule has 0 spiro atoms. The summed E-state index contributed by atoms with van der Waals surface area (Å²) in [6.07, 6.45) is 1.16. The first kappa shape index (κ1) is 15.4. The molecule has 0 aromatic heterocycles. The summed E-state index contributed by atoms with van der Waals surface area (Å²) in [5.74, 6) is 0.161. The molecular weight excluding hydrogens is 202 g/mol. The Morgan fingerprint density at radius 1 is 1.31 bits per heavy atom. The molecule has 1 amide bonds. The number of nitrogens with zero attached hydrogens (tertiary/aromatic N) is 2. The minimum absolute atomic E-state index is 0.161. The van der Waals surface area contributed by atoms with Crippen LogP contribution in [0.5, 0.6) is 0 Å². The molecule has 0 aliphatic heterocycles. The maximum absolute atomic E-state index is 11.5. The van der Waals surface area contributed by atoms with Gasteiger partial charge in [0, 0.05) is 32.7 Å². The summed E-state index contributed by atoms with van der Waals surface area (Å²) in [7, 11) is 3.95. The summed E-state index contributed by atoms with van der Waals surface area (Å²) in [6, 6.07) is 0.607. The highest BCUT2D eigenvalue weighted by Gasteiger charge is 2.07. The molecule has 0 bridgehead atoms. The quantitative estimate of drug-likeness (QED) is 0.625. The average Bonchev–Trinajstić information content (AvgIpc) is 2.31. The van der Waals surface area contributed by atoms with Gasteiger partial charge in [0.2, 0.25) is 5.91 Å². The van der Waals surface area contributed by atoms with Gasteiger partial charge in [-0.1, -0.05) is 6.92 Å². The van der Waals surface area contributed by atoms with Gasteiger partial charge in [-0.15, -0.1) is 0 Å². The van der Waals surface area contributed by atoms with Gasteiger partial charge in [0.05, 0.1) is 6.54 Å². The molecule has 1 atom stereocenters. The third-order valence-electron chi connectivity index (χ3n) is 3.16. The fraction of sp³-hybridized carbons (Fsp3) is 0.917. The van der Waals surface area contributed by atoms with E-state index < -0.39 is 0 Å². The average molecular weight is 229 g/mol. The summed E-state index contributed by atoms with van der Waals surface area (Å²) in [5, 5.41) is 3.18. The Balaban J connectivity index is 3.57. The largest absolute Gasteiger partial charge is 0.345 e. The zero-order chi connectivity index (χ0) is 12.6. The van der Waals surface area contributed by atoms with E-state index in [1.165, 1.54) is 0 Å². The maximum atomic E-state index is 11.5. The summed E-state index contributed by atoms with van der Waals surface area (Å²) >= 11 is 0. The Labute approximate surface area is 100.0 Å². The second-order valence-electron chi connectivity index (χ2n) is 4.32. The van der Waals surface area contributed by atoms with Crippen molar-refractivity contribution in [2.45, 2.75) is 33.2 Å². The second kappa shape index (κ2) is 8.53. The van der Waals surface area contributed by atoms with Crippen molar-refractivity contribution in [3.63, 3.8) is 0 Å². The van der Waals surface area contributed by atoms with Crippen LogP contribution in [0.25, 0.3) is 0 Å². The lowest BCUT2D eigenvalue weighted by Gasteiger charge is -2.23. The number of amides is 1. The molecule has 96 valence electrons. The van der Waals surface area contributed by atoms with Crippen LogP contribution in [0.15, 0.2) is 0 Å². The van der Waals surface area contributed by atoms with E-state index in [1.807, 2.05) is 14.0 Å². The molecule has 4 heteroatoms. The molecule has 0 rings (SSSR count). The normalized spacial score (nSPS) is 12.9. The van der Waals surface area contributed by atoms with Crippen molar-refractivity contribution >= 4 is 5.91 Å². The lowest BCUT2D eigenvalue weighted by Crippen LogP contribution is -2.39. The molecule has 0 saturated heterocycles. The van der Waals surface area contributed by atoms with Crippen molar-refractivity contribution in [2.75, 3.05) is 40.3 Å². The van der Waals surface area contributed by atoms with Gasteiger partial charge in [-0.05, 0) is 27.3 Å². The van der Waals surface area contributed by atoms with E-state index >= 15 is 0 Å². The Hall–Kier alpha value is -0.610. The van der Waals surface area contributed by atoms with Crippen LogP contribution in [0.4, 0.5) is 0 Å². The topological polar surface area (TPSA) is 35.6 Å². The Morgan fingerprint density at radius 2 is 1.94 bits per heavy atom. The molecule has 0 saturated carbocycles. The molecule has 16 heavy (non-hydrogen) atoms. The molecule has 0 fully saturated rings. The van der Waals surface area contributed by atoms with Crippen LogP contribution in [0, 0.1) is 0 Å². The molecule has 0 aromatic carbocycles. The van der Waals surface area contributed by atoms with Crippen LogP contribution in [0.3, 0.4) is 0 Å². The van der Waals surface area contributed by atoms with Gasteiger partial charge in [-0.2, -0.15) is 0 Å². The Morgan fingerprint density at radius 3 is 2.44 bits per heavy atom. The zero-order valence-corrected chi connectivity index (χ0v) is 11.4. The van der Waals surface area contributed by atoms with Crippen LogP contribution < -0.4 is 5.32 Å². The fourth-order valence-electron chi connectivity index (χ4n) is 1.29. The van der Waals surface area contributed by atoms with Crippen molar-refractivity contribution in [3.05, 3.63) is 0 Å². The van der Waals surface area contributed by atoms with Crippen LogP contribution in [-0.2, 0) is 4.79 Å². The molecule has 0 radical (unpaired) electrons. The van der Waals surface area contributed by atoms with Crippen LogP contribution >= 0.6 is 0 Å². The molecule has 0 aliphatic carbocycles. The summed E-state index contributed by atoms with van der Waals surface area (Å²) in [6.45, 7) is 9.45. The van der Waals surface area contributed by atoms with E-state index in [-0.39, 0.29) is 5.91 Å². The van der Waals surface area contributed by atoms with E-state index in [9.17, 15) is 4.79 Å². The number of hydrogen-bond acceptors (Lipinski definition) is 3. The minimum atomic E-state index is 0.161. The summed E-state index contributed by atoms with van der Waals surface area (Å²) < 4.78 is 0. The first-order chi connectivity index (χ1) is 7.52. The highest BCUT2D eigenvalue weighted by Crippen LogP contribution is 1.97. The predicted octanol–water partition coefficient (Wildman–Crippen LogP) is 0.785. The first-order valence-electron chi connectivity index (χ1n) is 6.17. The standard InChI is InChI=1S/C12H27N3O/c1-6-11(3)15(5)9-8-13-10-12(16)14(4)7-2/h11,13H,6-10H2,1-5H3. The van der Waals surface area contributed by atoms with Crippen molar-refractivity contribution < 1.29 is 4.79 Å². The van der Waals surface area contributed by atoms with E-state index in [0.29, 0.717) is 12.6 Å². The van der Waals surface area contributed by atoms with Crippen molar-refractivity contribution in [2.24, 2.45) is 0 Å². The van der Waals surface area contributed by atoms with Gasteiger partial charge in [0.15, 0.2) is 0 Å². The highest BCUT2D eigenvalue weighted by molar-refractivity contribution is 5.77. The third kappa shape index (κ3) is 6.08. The lowest BCUT2D eigenvalue weighted by molar-refractivity contribution is -0.128. The number of carbonyl (C=O) groups excluding carboxylic acids is 1. The van der Waals surface area contributed by atoms with Crippen LogP contribution in [-0.4, -0.2) is 62.0 Å². The van der Waals surface area contributed by atoms with Gasteiger partial charge >= 0.3 is 0 Å². The smallest absolute Gasteiger partial charge is 0.236 e. The molecule has 1 N–H and O–H groups in total. The second-order valence-corrected chi connectivity index (χ2v) is 4.32. The summed E-state index contributed by atoms with van der Waals surface area (Å²) in [5.41, 5.74) is 0. The Kier molecular flexibility index (Phi) is 8.21. The number of carbonyl (C=O) groups is 1. The first-order valence-corrected chi connectivity index (χ1v) is 6.17. The number of likely N-dealkylation sites (N-methyl/N-ethyl adjacent to an activating group) is 2. The van der Waals surface area contributed by atoms with Gasteiger partial charge in [-0.3, -0.25) is 4.79 Å². The molecular formula is C12H27N3O. The van der Waals surface area contributed by atoms with E-state index in [2.05, 4.69) is 31.1 Å². The van der Waals surface area contributed by atoms with Crippen molar-refractivity contribution in [3.8, 4) is 0 Å². The maximum Gasteiger partial charge on any atom is 0.236 e. The molecule has 0 aliphatic rings. The number of nitrogens with one attached hydrogen (secondary N) is 1. The summed E-state index contributed by atoms with van der Waals surface area (Å²) in [4.78, 5) is 15.5. The van der Waals surface area contributed by atoms with Gasteiger partial charge < -0.3 is 15.1 Å². The molecule has 0 aromatic rings. The van der Waals surface area contributed by atoms with Crippen molar-refractivity contribution in [1.82, 2.24) is 15.1 Å². The fourth-order valence-corrected chi connectivity index (χ4v) is 1.29.